The van der Waals surface area contributed by atoms with Gasteiger partial charge in [0.05, 0.1) is 4.88 Å². The van der Waals surface area contributed by atoms with Gasteiger partial charge in [-0.1, -0.05) is 19.4 Å². The van der Waals surface area contributed by atoms with Crippen LogP contribution in [0.1, 0.15) is 43.9 Å². The maximum Gasteiger partial charge on any atom is 0.354 e. The number of pyridine rings is 1. The third-order valence-electron chi connectivity index (χ3n) is 2.97. The molecular formula is C15H16N2O3S. The van der Waals surface area contributed by atoms with E-state index < -0.39 is 5.97 Å². The topological polar surface area (TPSA) is 79.3 Å². The lowest BCUT2D eigenvalue weighted by molar-refractivity contribution is 0.0690. The molecule has 1 amide bonds. The summed E-state index contributed by atoms with van der Waals surface area (Å²) in [6.07, 6.45) is 1.98. The number of carboxylic acid groups (broad SMARTS) is 1. The first-order valence-corrected chi connectivity index (χ1v) is 7.44. The zero-order valence-corrected chi connectivity index (χ0v) is 12.7. The van der Waals surface area contributed by atoms with Crippen LogP contribution in [0.4, 0.5) is 5.82 Å². The average Bonchev–Trinajstić information content (AvgIpc) is 2.81. The lowest BCUT2D eigenvalue weighted by Crippen LogP contribution is -2.12. The summed E-state index contributed by atoms with van der Waals surface area (Å²) in [6, 6.07) is 6.39. The van der Waals surface area contributed by atoms with Gasteiger partial charge in [-0.25, -0.2) is 9.78 Å². The van der Waals surface area contributed by atoms with Gasteiger partial charge in [-0.2, -0.15) is 0 Å². The van der Waals surface area contributed by atoms with E-state index in [1.807, 2.05) is 13.0 Å². The van der Waals surface area contributed by atoms with E-state index in [1.165, 1.54) is 23.0 Å². The van der Waals surface area contributed by atoms with Crippen molar-refractivity contribution in [3.8, 4) is 0 Å². The second-order valence-corrected chi connectivity index (χ2v) is 5.87. The third-order valence-corrected chi connectivity index (χ3v) is 4.07. The second kappa shape index (κ2) is 6.49. The predicted octanol–water partition coefficient (Wildman–Crippen LogP) is 3.35. The van der Waals surface area contributed by atoms with Gasteiger partial charge < -0.3 is 10.4 Å². The van der Waals surface area contributed by atoms with Gasteiger partial charge in [0.15, 0.2) is 5.69 Å². The van der Waals surface area contributed by atoms with E-state index in [4.69, 9.17) is 5.11 Å². The SMILES string of the molecule is CCCc1cc(C(=O)Nc2cccc(C(=O)O)n2)sc1C. The number of nitrogens with zero attached hydrogens (tertiary/aromatic N) is 1. The highest BCUT2D eigenvalue weighted by molar-refractivity contribution is 7.14. The maximum absolute atomic E-state index is 12.2. The number of hydrogen-bond donors (Lipinski definition) is 2. The van der Waals surface area contributed by atoms with Crippen LogP contribution < -0.4 is 5.32 Å². The van der Waals surface area contributed by atoms with E-state index >= 15 is 0 Å². The predicted molar refractivity (Wildman–Crippen MR) is 82.2 cm³/mol. The van der Waals surface area contributed by atoms with Crippen LogP contribution in [0.3, 0.4) is 0 Å². The molecule has 0 saturated heterocycles. The minimum Gasteiger partial charge on any atom is -0.477 e. The fourth-order valence-electron chi connectivity index (χ4n) is 1.95. The van der Waals surface area contributed by atoms with Crippen LogP contribution in [0.2, 0.25) is 0 Å². The van der Waals surface area contributed by atoms with Crippen LogP contribution in [-0.2, 0) is 6.42 Å². The highest BCUT2D eigenvalue weighted by Crippen LogP contribution is 2.23. The monoisotopic (exact) mass is 304 g/mol. The first-order chi connectivity index (χ1) is 10.0. The van der Waals surface area contributed by atoms with E-state index in [0.717, 1.165) is 17.7 Å². The Bertz CT molecular complexity index is 679. The molecule has 0 fully saturated rings. The number of aromatic carboxylic acids is 1. The van der Waals surface area contributed by atoms with Gasteiger partial charge in [-0.15, -0.1) is 11.3 Å². The molecule has 0 aliphatic rings. The highest BCUT2D eigenvalue weighted by Gasteiger charge is 2.13. The number of nitrogens with one attached hydrogen (secondary N) is 1. The Morgan fingerprint density at radius 2 is 2.14 bits per heavy atom. The summed E-state index contributed by atoms with van der Waals surface area (Å²) in [4.78, 5) is 28.7. The first kappa shape index (κ1) is 15.2. The first-order valence-electron chi connectivity index (χ1n) is 6.62. The van der Waals surface area contributed by atoms with E-state index in [1.54, 1.807) is 12.1 Å². The van der Waals surface area contributed by atoms with Crippen molar-refractivity contribution in [2.45, 2.75) is 26.7 Å². The smallest absolute Gasteiger partial charge is 0.354 e. The molecule has 0 saturated carbocycles. The number of carbonyl (C=O) groups excluding carboxylic acids is 1. The fourth-order valence-corrected chi connectivity index (χ4v) is 2.92. The Balaban J connectivity index is 2.16. The van der Waals surface area contributed by atoms with Crippen molar-refractivity contribution in [2.75, 3.05) is 5.32 Å². The molecule has 2 rings (SSSR count). The normalized spacial score (nSPS) is 10.4. The van der Waals surface area contributed by atoms with Crippen LogP contribution in [0.25, 0.3) is 0 Å². The summed E-state index contributed by atoms with van der Waals surface area (Å²) in [5.74, 6) is -1.15. The number of carboxylic acids is 1. The Morgan fingerprint density at radius 1 is 1.38 bits per heavy atom. The number of aromatic nitrogens is 1. The summed E-state index contributed by atoms with van der Waals surface area (Å²) >= 11 is 1.44. The van der Waals surface area contributed by atoms with Crippen LogP contribution in [0.15, 0.2) is 24.3 Å². The summed E-state index contributed by atoms with van der Waals surface area (Å²) in [5.41, 5.74) is 1.08. The molecule has 2 heterocycles. The van der Waals surface area contributed by atoms with Gasteiger partial charge in [-0.3, -0.25) is 4.79 Å². The molecule has 5 nitrogen and oxygen atoms in total. The molecular weight excluding hydrogens is 288 g/mol. The molecule has 0 aromatic carbocycles. The molecule has 0 atom stereocenters. The molecule has 21 heavy (non-hydrogen) atoms. The van der Waals surface area contributed by atoms with Crippen molar-refractivity contribution >= 4 is 29.0 Å². The Kier molecular flexibility index (Phi) is 4.70. The molecule has 110 valence electrons. The Morgan fingerprint density at radius 3 is 2.81 bits per heavy atom. The van der Waals surface area contributed by atoms with Gasteiger partial charge in [-0.05, 0) is 37.1 Å². The van der Waals surface area contributed by atoms with Crippen molar-refractivity contribution in [3.05, 3.63) is 45.3 Å². The van der Waals surface area contributed by atoms with Crippen molar-refractivity contribution in [1.82, 2.24) is 4.98 Å². The number of carbonyl (C=O) groups is 2. The van der Waals surface area contributed by atoms with E-state index in [-0.39, 0.29) is 17.4 Å². The number of anilines is 1. The minimum absolute atomic E-state index is 0.0955. The second-order valence-electron chi connectivity index (χ2n) is 4.61. The van der Waals surface area contributed by atoms with Crippen LogP contribution in [0, 0.1) is 6.92 Å². The number of rotatable bonds is 5. The molecule has 2 N–H and O–H groups in total. The maximum atomic E-state index is 12.2. The van der Waals surface area contributed by atoms with Gasteiger partial charge in [0.25, 0.3) is 5.91 Å². The lowest BCUT2D eigenvalue weighted by Gasteiger charge is -2.03. The summed E-state index contributed by atoms with van der Waals surface area (Å²) in [5, 5.41) is 11.5. The summed E-state index contributed by atoms with van der Waals surface area (Å²) in [7, 11) is 0. The molecule has 0 bridgehead atoms. The van der Waals surface area contributed by atoms with Crippen LogP contribution in [0.5, 0.6) is 0 Å². The average molecular weight is 304 g/mol. The number of thiophene rings is 1. The van der Waals surface area contributed by atoms with E-state index in [2.05, 4.69) is 17.2 Å². The summed E-state index contributed by atoms with van der Waals surface area (Å²) in [6.45, 7) is 4.09. The zero-order chi connectivity index (χ0) is 15.4. The summed E-state index contributed by atoms with van der Waals surface area (Å²) < 4.78 is 0. The van der Waals surface area contributed by atoms with Crippen molar-refractivity contribution < 1.29 is 14.7 Å². The number of hydrogen-bond acceptors (Lipinski definition) is 4. The quantitative estimate of drug-likeness (QED) is 0.887. The molecule has 0 spiro atoms. The zero-order valence-electron chi connectivity index (χ0n) is 11.8. The molecule has 0 aliphatic carbocycles. The lowest BCUT2D eigenvalue weighted by atomic mass is 10.1. The minimum atomic E-state index is -1.12. The van der Waals surface area contributed by atoms with Crippen LogP contribution >= 0.6 is 11.3 Å². The Hall–Kier alpha value is -2.21. The largest absolute Gasteiger partial charge is 0.477 e. The number of amides is 1. The van der Waals surface area contributed by atoms with Crippen molar-refractivity contribution in [3.63, 3.8) is 0 Å². The fraction of sp³-hybridized carbons (Fsp3) is 0.267. The molecule has 0 aliphatic heterocycles. The van der Waals surface area contributed by atoms with Gasteiger partial charge in [0.1, 0.15) is 5.82 Å². The van der Waals surface area contributed by atoms with Crippen molar-refractivity contribution in [1.29, 1.82) is 0 Å². The van der Waals surface area contributed by atoms with Crippen LogP contribution in [-0.4, -0.2) is 22.0 Å². The molecule has 0 radical (unpaired) electrons. The molecule has 6 heteroatoms. The molecule has 2 aromatic heterocycles. The van der Waals surface area contributed by atoms with E-state index in [9.17, 15) is 9.59 Å². The van der Waals surface area contributed by atoms with Crippen molar-refractivity contribution in [2.24, 2.45) is 0 Å². The van der Waals surface area contributed by atoms with Gasteiger partial charge in [0, 0.05) is 4.88 Å². The standard InChI is InChI=1S/C15H16N2O3S/c1-3-5-10-8-12(21-9(10)2)14(18)17-13-7-4-6-11(16-13)15(19)20/h4,6-8H,3,5H2,1-2H3,(H,19,20)(H,16,17,18). The third kappa shape index (κ3) is 3.66. The number of aryl methyl sites for hydroxylation is 2. The molecule has 0 unspecified atom stereocenters. The van der Waals surface area contributed by atoms with Gasteiger partial charge in [0.2, 0.25) is 0 Å². The Labute approximate surface area is 126 Å². The van der Waals surface area contributed by atoms with Gasteiger partial charge >= 0.3 is 5.97 Å². The van der Waals surface area contributed by atoms with E-state index in [0.29, 0.717) is 4.88 Å². The molecule has 2 aromatic rings. The highest BCUT2D eigenvalue weighted by atomic mass is 32.1.